The van der Waals surface area contributed by atoms with Crippen molar-refractivity contribution < 1.29 is 9.21 Å². The number of carbonyl (C=O) groups is 1. The molecule has 2 rings (SSSR count). The first-order chi connectivity index (χ1) is 9.61. The van der Waals surface area contributed by atoms with Crippen LogP contribution in [0.5, 0.6) is 0 Å². The molecule has 0 aliphatic carbocycles. The van der Waals surface area contributed by atoms with Crippen molar-refractivity contribution in [2.75, 3.05) is 0 Å². The predicted molar refractivity (Wildman–Crippen MR) is 75.8 cm³/mol. The van der Waals surface area contributed by atoms with Gasteiger partial charge in [-0.25, -0.2) is 0 Å². The van der Waals surface area contributed by atoms with Crippen LogP contribution in [-0.2, 0) is 13.1 Å². The van der Waals surface area contributed by atoms with Crippen molar-refractivity contribution in [1.82, 2.24) is 9.88 Å². The molecule has 106 valence electrons. The lowest BCUT2D eigenvalue weighted by Gasteiger charge is -2.25. The number of carbonyl (C=O) groups excluding carboxylic acids is 1. The number of hydrogen-bond donors (Lipinski definition) is 1. The van der Waals surface area contributed by atoms with Gasteiger partial charge >= 0.3 is 0 Å². The lowest BCUT2D eigenvalue weighted by molar-refractivity contribution is 0.0653. The average molecular weight is 273 g/mol. The maximum atomic E-state index is 12.5. The minimum atomic E-state index is -0.148. The van der Waals surface area contributed by atoms with Gasteiger partial charge in [-0.15, -0.1) is 0 Å². The van der Waals surface area contributed by atoms with Crippen molar-refractivity contribution in [3.8, 4) is 0 Å². The number of nitrogens with two attached hydrogens (primary N) is 1. The number of furan rings is 1. The SMILES string of the molecule is CC(C)N(Cc1ccccn1)C(=O)c1ccc(CN)o1. The second kappa shape index (κ2) is 6.34. The molecule has 2 aromatic rings. The number of pyridine rings is 1. The molecule has 0 atom stereocenters. The Morgan fingerprint density at radius 1 is 1.35 bits per heavy atom. The van der Waals surface area contributed by atoms with Gasteiger partial charge in [0.25, 0.3) is 5.91 Å². The van der Waals surface area contributed by atoms with E-state index in [0.717, 1.165) is 5.69 Å². The smallest absolute Gasteiger partial charge is 0.290 e. The van der Waals surface area contributed by atoms with Crippen LogP contribution in [0.3, 0.4) is 0 Å². The molecule has 5 nitrogen and oxygen atoms in total. The molecule has 0 saturated carbocycles. The fourth-order valence-corrected chi connectivity index (χ4v) is 1.90. The zero-order valence-corrected chi connectivity index (χ0v) is 11.7. The molecule has 5 heteroatoms. The van der Waals surface area contributed by atoms with Crippen molar-refractivity contribution in [3.63, 3.8) is 0 Å². The molecule has 20 heavy (non-hydrogen) atoms. The summed E-state index contributed by atoms with van der Waals surface area (Å²) in [5, 5.41) is 0. The third-order valence-corrected chi connectivity index (χ3v) is 3.02. The molecule has 0 aliphatic rings. The summed E-state index contributed by atoms with van der Waals surface area (Å²) >= 11 is 0. The number of nitrogens with zero attached hydrogens (tertiary/aromatic N) is 2. The van der Waals surface area contributed by atoms with Crippen molar-refractivity contribution in [3.05, 3.63) is 53.7 Å². The molecule has 2 aromatic heterocycles. The summed E-state index contributed by atoms with van der Waals surface area (Å²) < 4.78 is 5.43. The van der Waals surface area contributed by atoms with E-state index in [1.54, 1.807) is 23.2 Å². The highest BCUT2D eigenvalue weighted by Crippen LogP contribution is 2.14. The average Bonchev–Trinajstić information content (AvgIpc) is 2.94. The molecule has 1 amide bonds. The van der Waals surface area contributed by atoms with Gasteiger partial charge in [0, 0.05) is 12.2 Å². The number of rotatable bonds is 5. The van der Waals surface area contributed by atoms with Crippen molar-refractivity contribution >= 4 is 5.91 Å². The van der Waals surface area contributed by atoms with Gasteiger partial charge in [0.15, 0.2) is 5.76 Å². The first kappa shape index (κ1) is 14.3. The van der Waals surface area contributed by atoms with Crippen LogP contribution in [-0.4, -0.2) is 21.8 Å². The van der Waals surface area contributed by atoms with Crippen LogP contribution in [0.4, 0.5) is 0 Å². The van der Waals surface area contributed by atoms with E-state index >= 15 is 0 Å². The molecule has 0 bridgehead atoms. The Morgan fingerprint density at radius 3 is 2.70 bits per heavy atom. The Kier molecular flexibility index (Phi) is 4.53. The monoisotopic (exact) mass is 273 g/mol. The van der Waals surface area contributed by atoms with E-state index in [1.807, 2.05) is 32.0 Å². The minimum absolute atomic E-state index is 0.0518. The molecule has 0 radical (unpaired) electrons. The summed E-state index contributed by atoms with van der Waals surface area (Å²) in [6.07, 6.45) is 1.72. The van der Waals surface area contributed by atoms with Crippen LogP contribution in [0.15, 0.2) is 40.9 Å². The van der Waals surface area contributed by atoms with Crippen LogP contribution >= 0.6 is 0 Å². The molecule has 0 saturated heterocycles. The Balaban J connectivity index is 2.18. The van der Waals surface area contributed by atoms with Gasteiger partial charge in [0.1, 0.15) is 5.76 Å². The van der Waals surface area contributed by atoms with E-state index in [9.17, 15) is 4.79 Å². The van der Waals surface area contributed by atoms with Crippen LogP contribution < -0.4 is 5.73 Å². The largest absolute Gasteiger partial charge is 0.455 e. The van der Waals surface area contributed by atoms with E-state index in [2.05, 4.69) is 4.98 Å². The highest BCUT2D eigenvalue weighted by atomic mass is 16.4. The molecule has 0 fully saturated rings. The van der Waals surface area contributed by atoms with Gasteiger partial charge < -0.3 is 15.1 Å². The van der Waals surface area contributed by atoms with E-state index < -0.39 is 0 Å². The van der Waals surface area contributed by atoms with Crippen LogP contribution in [0.2, 0.25) is 0 Å². The maximum Gasteiger partial charge on any atom is 0.290 e. The normalized spacial score (nSPS) is 10.8. The van der Waals surface area contributed by atoms with Gasteiger partial charge in [0.2, 0.25) is 0 Å². The lowest BCUT2D eigenvalue weighted by atomic mass is 10.2. The number of aromatic nitrogens is 1. The zero-order chi connectivity index (χ0) is 14.5. The van der Waals surface area contributed by atoms with Gasteiger partial charge in [-0.2, -0.15) is 0 Å². The fourth-order valence-electron chi connectivity index (χ4n) is 1.90. The minimum Gasteiger partial charge on any atom is -0.455 e. The standard InChI is InChI=1S/C15H19N3O2/c1-11(2)18(10-12-5-3-4-8-17-12)15(19)14-7-6-13(9-16)20-14/h3-8,11H,9-10,16H2,1-2H3. The predicted octanol–water partition coefficient (Wildman–Crippen LogP) is 2.18. The summed E-state index contributed by atoms with van der Waals surface area (Å²) in [6, 6.07) is 9.10. The molecular formula is C15H19N3O2. The topological polar surface area (TPSA) is 72.4 Å². The van der Waals surface area contributed by atoms with E-state index in [4.69, 9.17) is 10.2 Å². The fraction of sp³-hybridized carbons (Fsp3) is 0.333. The van der Waals surface area contributed by atoms with Crippen LogP contribution in [0.1, 0.15) is 35.9 Å². The Bertz CT molecular complexity index is 564. The van der Waals surface area contributed by atoms with Crippen LogP contribution in [0, 0.1) is 0 Å². The number of hydrogen-bond acceptors (Lipinski definition) is 4. The summed E-state index contributed by atoms with van der Waals surface area (Å²) in [6.45, 7) is 4.67. The molecular weight excluding hydrogens is 254 g/mol. The third kappa shape index (κ3) is 3.24. The van der Waals surface area contributed by atoms with E-state index in [1.165, 1.54) is 0 Å². The molecule has 0 unspecified atom stereocenters. The van der Waals surface area contributed by atoms with Gasteiger partial charge in [-0.05, 0) is 38.1 Å². The molecule has 0 aromatic carbocycles. The molecule has 2 heterocycles. The Labute approximate surface area is 118 Å². The summed E-state index contributed by atoms with van der Waals surface area (Å²) in [5.74, 6) is 0.773. The highest BCUT2D eigenvalue weighted by Gasteiger charge is 2.22. The quantitative estimate of drug-likeness (QED) is 0.906. The first-order valence-electron chi connectivity index (χ1n) is 6.61. The Hall–Kier alpha value is -2.14. The van der Waals surface area contributed by atoms with E-state index in [0.29, 0.717) is 18.1 Å². The van der Waals surface area contributed by atoms with Gasteiger partial charge in [0.05, 0.1) is 18.8 Å². The van der Waals surface area contributed by atoms with Gasteiger partial charge in [-0.3, -0.25) is 9.78 Å². The van der Waals surface area contributed by atoms with E-state index in [-0.39, 0.29) is 18.5 Å². The molecule has 0 aliphatic heterocycles. The first-order valence-corrected chi connectivity index (χ1v) is 6.61. The molecule has 2 N–H and O–H groups in total. The zero-order valence-electron chi connectivity index (χ0n) is 11.7. The summed E-state index contributed by atoms with van der Waals surface area (Å²) in [5.41, 5.74) is 6.34. The second-order valence-electron chi connectivity index (χ2n) is 4.82. The second-order valence-corrected chi connectivity index (χ2v) is 4.82. The lowest BCUT2D eigenvalue weighted by Crippen LogP contribution is -2.36. The van der Waals surface area contributed by atoms with Crippen molar-refractivity contribution in [2.45, 2.75) is 33.0 Å². The van der Waals surface area contributed by atoms with Gasteiger partial charge in [-0.1, -0.05) is 6.07 Å². The van der Waals surface area contributed by atoms with Crippen molar-refractivity contribution in [2.24, 2.45) is 5.73 Å². The summed E-state index contributed by atoms with van der Waals surface area (Å²) in [7, 11) is 0. The number of amides is 1. The van der Waals surface area contributed by atoms with Crippen molar-refractivity contribution in [1.29, 1.82) is 0 Å². The summed E-state index contributed by atoms with van der Waals surface area (Å²) in [4.78, 5) is 18.5. The third-order valence-electron chi connectivity index (χ3n) is 3.02. The maximum absolute atomic E-state index is 12.5. The molecule has 0 spiro atoms. The Morgan fingerprint density at radius 2 is 2.15 bits per heavy atom. The highest BCUT2D eigenvalue weighted by molar-refractivity contribution is 5.91. The van der Waals surface area contributed by atoms with Crippen LogP contribution in [0.25, 0.3) is 0 Å².